The second-order valence-corrected chi connectivity index (χ2v) is 21.2. The molecule has 14 heteroatoms. The summed E-state index contributed by atoms with van der Waals surface area (Å²) in [5, 5.41) is 5.81. The highest BCUT2D eigenvalue weighted by atomic mass is 16.5. The Labute approximate surface area is 422 Å². The first kappa shape index (κ1) is 63.2. The summed E-state index contributed by atoms with van der Waals surface area (Å²) in [6.45, 7) is 29.6. The van der Waals surface area contributed by atoms with Crippen molar-refractivity contribution in [2.24, 2.45) is 57.6 Å². The van der Waals surface area contributed by atoms with Crippen LogP contribution in [-0.2, 0) is 33.2 Å². The molecule has 2 aliphatic rings. The Morgan fingerprint density at radius 2 is 1.33 bits per heavy atom. The number of rotatable bonds is 43. The van der Waals surface area contributed by atoms with E-state index in [4.69, 9.17) is 45.6 Å². The summed E-state index contributed by atoms with van der Waals surface area (Å²) in [6.07, 6.45) is 21.4. The van der Waals surface area contributed by atoms with Crippen molar-refractivity contribution in [3.05, 3.63) is 12.7 Å². The van der Waals surface area contributed by atoms with Gasteiger partial charge in [0, 0.05) is 46.0 Å². The lowest BCUT2D eigenvalue weighted by Gasteiger charge is -2.52. The lowest BCUT2D eigenvalue weighted by molar-refractivity contribution is -0.116. The molecule has 0 aliphatic heterocycles. The van der Waals surface area contributed by atoms with Crippen LogP contribution in [0, 0.1) is 40.4 Å². The van der Waals surface area contributed by atoms with Crippen LogP contribution in [0.3, 0.4) is 0 Å². The number of ether oxygens (including phenoxy) is 6. The lowest BCUT2D eigenvalue weighted by Crippen LogP contribution is -2.48. The van der Waals surface area contributed by atoms with Crippen LogP contribution in [0.2, 0.25) is 0 Å². The molecule has 2 fully saturated rings. The van der Waals surface area contributed by atoms with Crippen LogP contribution in [0.5, 0.6) is 0 Å². The first-order valence-corrected chi connectivity index (χ1v) is 27.9. The molecule has 0 radical (unpaired) electrons. The van der Waals surface area contributed by atoms with Crippen LogP contribution >= 0.6 is 0 Å². The highest BCUT2D eigenvalue weighted by Gasteiger charge is 2.53. The van der Waals surface area contributed by atoms with E-state index in [1.54, 1.807) is 0 Å². The Balaban J connectivity index is 2.08. The second-order valence-electron chi connectivity index (χ2n) is 21.2. The second kappa shape index (κ2) is 37.8. The topological polar surface area (TPSA) is 195 Å². The van der Waals surface area contributed by atoms with Gasteiger partial charge in [-0.3, -0.25) is 4.79 Å². The summed E-state index contributed by atoms with van der Waals surface area (Å²) in [6, 6.07) is -0.00126. The molecular formula is C55H108N6O8. The third-order valence-electron chi connectivity index (χ3n) is 16.2. The molecular weight excluding hydrogens is 873 g/mol. The number of amides is 3. The molecule has 3 amide bonds. The standard InChI is InChI=1S/C55H108N6O8/c1-9-11-12-13-14-15-30-61(53(63)60-29-36-65-38-40-66-39-37-64-35-28-59-52(62)10-2)31-16-20-44(3)50-22-21-45(4)55(50,8)51(69-34-19-27-58)41-46(5)54(7)24-23-49(68-33-18-26-57)43-48(54)42-47(6)67-32-17-25-56/h10,44-51H,2,9,11-43,56-58H2,1,3-8H3,(H,59,62)(H,60,63)/t44-,45-,46-,47+,48?,49-,50-,51+,54-,55+/m1/s1. The van der Waals surface area contributed by atoms with E-state index in [9.17, 15) is 9.59 Å². The van der Waals surface area contributed by atoms with Gasteiger partial charge in [0.15, 0.2) is 0 Å². The molecule has 406 valence electrons. The smallest absolute Gasteiger partial charge is 0.317 e. The largest absolute Gasteiger partial charge is 0.378 e. The van der Waals surface area contributed by atoms with Crippen molar-refractivity contribution in [3.8, 4) is 0 Å². The highest BCUT2D eigenvalue weighted by molar-refractivity contribution is 5.86. The number of unbranched alkanes of at least 4 members (excludes halogenated alkanes) is 5. The van der Waals surface area contributed by atoms with Gasteiger partial charge in [-0.05, 0) is 157 Å². The van der Waals surface area contributed by atoms with Crippen LogP contribution in [0.4, 0.5) is 4.79 Å². The average Bonchev–Trinajstić information content (AvgIpc) is 3.64. The van der Waals surface area contributed by atoms with Crippen molar-refractivity contribution in [3.63, 3.8) is 0 Å². The van der Waals surface area contributed by atoms with E-state index in [0.717, 1.165) is 96.7 Å². The molecule has 0 heterocycles. The van der Waals surface area contributed by atoms with Crippen LogP contribution in [0.15, 0.2) is 12.7 Å². The maximum Gasteiger partial charge on any atom is 0.317 e. The van der Waals surface area contributed by atoms with Gasteiger partial charge in [0.05, 0.1) is 58.0 Å². The van der Waals surface area contributed by atoms with Crippen molar-refractivity contribution in [1.29, 1.82) is 0 Å². The van der Waals surface area contributed by atoms with Gasteiger partial charge in [0.2, 0.25) is 5.91 Å². The van der Waals surface area contributed by atoms with Crippen LogP contribution in [0.25, 0.3) is 0 Å². The molecule has 10 atom stereocenters. The van der Waals surface area contributed by atoms with Gasteiger partial charge in [-0.2, -0.15) is 0 Å². The number of urea groups is 1. The van der Waals surface area contributed by atoms with E-state index in [1.807, 2.05) is 0 Å². The van der Waals surface area contributed by atoms with Gasteiger partial charge in [0.25, 0.3) is 0 Å². The summed E-state index contributed by atoms with van der Waals surface area (Å²) in [5.41, 5.74) is 17.9. The van der Waals surface area contributed by atoms with E-state index in [1.165, 1.54) is 44.6 Å². The zero-order valence-corrected chi connectivity index (χ0v) is 45.4. The Morgan fingerprint density at radius 3 is 1.99 bits per heavy atom. The number of hydrogen-bond acceptors (Lipinski definition) is 11. The molecule has 69 heavy (non-hydrogen) atoms. The van der Waals surface area contributed by atoms with Gasteiger partial charge in [0.1, 0.15) is 0 Å². The minimum Gasteiger partial charge on any atom is -0.378 e. The van der Waals surface area contributed by atoms with E-state index in [-0.39, 0.29) is 41.1 Å². The summed E-state index contributed by atoms with van der Waals surface area (Å²) in [4.78, 5) is 26.9. The number of carbonyl (C=O) groups is 2. The summed E-state index contributed by atoms with van der Waals surface area (Å²) in [7, 11) is 0. The van der Waals surface area contributed by atoms with Crippen LogP contribution < -0.4 is 27.8 Å². The van der Waals surface area contributed by atoms with Gasteiger partial charge in [-0.1, -0.05) is 80.2 Å². The Kier molecular flexibility index (Phi) is 34.6. The zero-order valence-electron chi connectivity index (χ0n) is 45.4. The maximum absolute atomic E-state index is 13.7. The molecule has 2 rings (SSSR count). The van der Waals surface area contributed by atoms with E-state index >= 15 is 0 Å². The Bertz CT molecular complexity index is 1320. The Hall–Kier alpha value is -1.88. The van der Waals surface area contributed by atoms with Crippen LogP contribution in [0.1, 0.15) is 164 Å². The quantitative estimate of drug-likeness (QED) is 0.0290. The average molecular weight is 982 g/mol. The van der Waals surface area contributed by atoms with Crippen molar-refractivity contribution in [2.75, 3.05) is 105 Å². The van der Waals surface area contributed by atoms with Gasteiger partial charge in [-0.25, -0.2) is 4.79 Å². The van der Waals surface area contributed by atoms with Gasteiger partial charge in [-0.15, -0.1) is 0 Å². The number of nitrogens with two attached hydrogens (primary N) is 3. The first-order chi connectivity index (χ1) is 33.3. The van der Waals surface area contributed by atoms with Gasteiger partial charge < -0.3 is 61.2 Å². The van der Waals surface area contributed by atoms with Crippen molar-refractivity contribution in [1.82, 2.24) is 15.5 Å². The minimum atomic E-state index is -0.211. The maximum atomic E-state index is 13.7. The SMILES string of the molecule is C=CC(=O)NCCOCCOCCOCCNC(=O)N(CCCCCCCC)CCC[C@@H](C)[C@H]1CC[C@@H](C)[C@]1(C)[C@H](C[C@@H](C)[C@@]1(C)CC[C@@H](OCCCN)CC1C[C@H](C)OCCCN)OCCCN. The zero-order chi connectivity index (χ0) is 50.8. The fraction of sp³-hybridized carbons (Fsp3) is 0.927. The van der Waals surface area contributed by atoms with Crippen molar-refractivity contribution in [2.45, 2.75) is 182 Å². The molecule has 0 spiro atoms. The van der Waals surface area contributed by atoms with E-state index in [2.05, 4.69) is 70.6 Å². The van der Waals surface area contributed by atoms with Crippen LogP contribution in [-0.4, -0.2) is 140 Å². The number of carbonyl (C=O) groups excluding carboxylic acids is 2. The summed E-state index contributed by atoms with van der Waals surface area (Å²) >= 11 is 0. The molecule has 2 aliphatic carbocycles. The number of hydrogen-bond donors (Lipinski definition) is 5. The molecule has 0 aromatic carbocycles. The minimum absolute atomic E-state index is 0.00126. The van der Waals surface area contributed by atoms with Crippen molar-refractivity contribution < 1.29 is 38.0 Å². The predicted octanol–water partition coefficient (Wildman–Crippen LogP) is 8.62. The Morgan fingerprint density at radius 1 is 0.739 bits per heavy atom. The predicted molar refractivity (Wildman–Crippen MR) is 282 cm³/mol. The van der Waals surface area contributed by atoms with Gasteiger partial charge >= 0.3 is 6.03 Å². The third-order valence-corrected chi connectivity index (χ3v) is 16.2. The molecule has 14 nitrogen and oxygen atoms in total. The molecule has 2 saturated carbocycles. The lowest BCUT2D eigenvalue weighted by atomic mass is 9.56. The molecule has 0 aromatic rings. The fourth-order valence-electron chi connectivity index (χ4n) is 11.4. The third kappa shape index (κ3) is 24.1. The van der Waals surface area contributed by atoms with Crippen molar-refractivity contribution >= 4 is 11.9 Å². The van der Waals surface area contributed by atoms with E-state index in [0.29, 0.717) is 115 Å². The fourth-order valence-corrected chi connectivity index (χ4v) is 11.4. The molecule has 0 saturated heterocycles. The van der Waals surface area contributed by atoms with E-state index < -0.39 is 0 Å². The molecule has 1 unspecified atom stereocenters. The number of nitrogens with one attached hydrogen (secondary N) is 2. The number of nitrogens with zero attached hydrogens (tertiary/aromatic N) is 1. The summed E-state index contributed by atoms with van der Waals surface area (Å²) < 4.78 is 36.7. The first-order valence-electron chi connectivity index (χ1n) is 27.9. The molecule has 0 bridgehead atoms. The summed E-state index contributed by atoms with van der Waals surface area (Å²) in [5.74, 6) is 2.28. The normalized spacial score (nSPS) is 24.4. The molecule has 0 aromatic heterocycles. The molecule has 8 N–H and O–H groups in total. The monoisotopic (exact) mass is 981 g/mol. The highest BCUT2D eigenvalue weighted by Crippen LogP contribution is 2.58.